The van der Waals surface area contributed by atoms with Crippen LogP contribution in [0.25, 0.3) is 67.7 Å². The highest BCUT2D eigenvalue weighted by atomic mass is 15.2. The Labute approximate surface area is 388 Å². The quantitative estimate of drug-likeness (QED) is 0.160. The summed E-state index contributed by atoms with van der Waals surface area (Å²) in [6.45, 7) is 8.89. The molecule has 66 heavy (non-hydrogen) atoms. The summed E-state index contributed by atoms with van der Waals surface area (Å²) in [6.07, 6.45) is 29.0. The Morgan fingerprint density at radius 1 is 0.621 bits per heavy atom. The molecule has 2 atom stereocenters. The molecule has 322 valence electrons. The van der Waals surface area contributed by atoms with Crippen molar-refractivity contribution in [3.8, 4) is 39.6 Å². The van der Waals surface area contributed by atoms with Crippen LogP contribution in [0.5, 0.6) is 0 Å². The van der Waals surface area contributed by atoms with E-state index in [9.17, 15) is 0 Å². The van der Waals surface area contributed by atoms with Gasteiger partial charge in [-0.1, -0.05) is 156 Å². The van der Waals surface area contributed by atoms with Gasteiger partial charge in [-0.3, -0.25) is 0 Å². The van der Waals surface area contributed by atoms with Crippen molar-refractivity contribution in [1.82, 2.24) is 19.5 Å². The summed E-state index contributed by atoms with van der Waals surface area (Å²) in [6, 6.07) is 38.2. The Balaban J connectivity index is 1.16. The van der Waals surface area contributed by atoms with Crippen molar-refractivity contribution < 1.29 is 0 Å². The van der Waals surface area contributed by atoms with Gasteiger partial charge in [-0.25, -0.2) is 15.0 Å². The van der Waals surface area contributed by atoms with Crippen LogP contribution in [0.2, 0.25) is 0 Å². The molecule has 0 fully saturated rings. The van der Waals surface area contributed by atoms with E-state index in [2.05, 4.69) is 201 Å². The molecule has 5 aliphatic rings. The first kappa shape index (κ1) is 40.2. The molecular weight excluding hydrogens is 803 g/mol. The third kappa shape index (κ3) is 6.79. The van der Waals surface area contributed by atoms with E-state index in [1.165, 1.54) is 66.8 Å². The first-order valence-corrected chi connectivity index (χ1v) is 23.8. The zero-order valence-electron chi connectivity index (χ0n) is 38.2. The normalized spacial score (nSPS) is 18.4. The molecule has 0 amide bonds. The number of fused-ring (bicyclic) bond motifs is 6. The number of hydrogen-bond donors (Lipinski definition) is 0. The number of aryl methyl sites for hydroxylation is 2. The maximum Gasteiger partial charge on any atom is 0.166 e. The molecule has 2 unspecified atom stereocenters. The van der Waals surface area contributed by atoms with Crippen LogP contribution in [0.3, 0.4) is 0 Å². The van der Waals surface area contributed by atoms with Gasteiger partial charge in [-0.15, -0.1) is 0 Å². The highest BCUT2D eigenvalue weighted by Gasteiger charge is 2.40. The molecule has 0 saturated carbocycles. The minimum Gasteiger partial charge on any atom is -0.332 e. The van der Waals surface area contributed by atoms with Gasteiger partial charge in [0.1, 0.15) is 0 Å². The topological polar surface area (TPSA) is 46.8 Å². The Morgan fingerprint density at radius 3 is 2.17 bits per heavy atom. The van der Waals surface area contributed by atoms with Crippen LogP contribution in [0.15, 0.2) is 169 Å². The molecule has 12 rings (SSSR count). The number of rotatable bonds is 7. The van der Waals surface area contributed by atoms with E-state index in [0.717, 1.165) is 83.6 Å². The molecule has 0 radical (unpaired) electrons. The summed E-state index contributed by atoms with van der Waals surface area (Å²) >= 11 is 0. The maximum absolute atomic E-state index is 5.71. The number of anilines is 2. The summed E-state index contributed by atoms with van der Waals surface area (Å²) in [5.74, 6) is 2.29. The largest absolute Gasteiger partial charge is 0.332 e. The van der Waals surface area contributed by atoms with Crippen LogP contribution in [0.4, 0.5) is 11.4 Å². The molecular formula is C61H53N5. The van der Waals surface area contributed by atoms with Crippen molar-refractivity contribution in [1.29, 1.82) is 0 Å². The fourth-order valence-electron chi connectivity index (χ4n) is 11.1. The minimum absolute atomic E-state index is 0.0919. The molecule has 5 aromatic carbocycles. The van der Waals surface area contributed by atoms with E-state index < -0.39 is 0 Å². The molecule has 0 N–H and O–H groups in total. The summed E-state index contributed by atoms with van der Waals surface area (Å²) in [7, 11) is 0. The molecule has 0 bridgehead atoms. The Hall–Kier alpha value is -7.37. The molecule has 1 aliphatic heterocycles. The van der Waals surface area contributed by atoms with E-state index in [4.69, 9.17) is 15.0 Å². The Kier molecular flexibility index (Phi) is 9.89. The van der Waals surface area contributed by atoms with E-state index >= 15 is 0 Å². The SMILES string of the molecule is CC1=CC2c3cc(C)ccc3N(c3c(C4=CCCC=C4)cccc3-c3nc(C4=CC=CCC4)nc(-c4cccc(-c5ccccc5)c4-n4c5c(c6cc(C)ccc64)C=C(C)CC5)n3)C2C=C1. The highest BCUT2D eigenvalue weighted by molar-refractivity contribution is 5.98. The Bertz CT molecular complexity index is 3370. The monoisotopic (exact) mass is 855 g/mol. The first-order chi connectivity index (χ1) is 32.4. The number of nitrogens with zero attached hydrogens (tertiary/aromatic N) is 5. The zero-order chi connectivity index (χ0) is 44.5. The van der Waals surface area contributed by atoms with Gasteiger partial charge in [0.05, 0.1) is 22.9 Å². The van der Waals surface area contributed by atoms with Gasteiger partial charge in [0.2, 0.25) is 0 Å². The third-order valence-corrected chi connectivity index (χ3v) is 14.2. The van der Waals surface area contributed by atoms with Crippen molar-refractivity contribution in [2.24, 2.45) is 0 Å². The number of allylic oxidation sites excluding steroid dienone is 11. The molecule has 5 heteroatoms. The van der Waals surface area contributed by atoms with Gasteiger partial charge < -0.3 is 9.47 Å². The van der Waals surface area contributed by atoms with Crippen molar-refractivity contribution in [3.05, 3.63) is 208 Å². The predicted octanol–water partition coefficient (Wildman–Crippen LogP) is 15.4. The number of hydrogen-bond acceptors (Lipinski definition) is 4. The molecule has 7 aromatic rings. The second-order valence-corrected chi connectivity index (χ2v) is 18.8. The predicted molar refractivity (Wildman–Crippen MR) is 275 cm³/mol. The smallest absolute Gasteiger partial charge is 0.166 e. The minimum atomic E-state index is 0.0919. The summed E-state index contributed by atoms with van der Waals surface area (Å²) in [5.41, 5.74) is 21.7. The van der Waals surface area contributed by atoms with Crippen LogP contribution >= 0.6 is 0 Å². The molecule has 2 aromatic heterocycles. The molecule has 3 heterocycles. The molecule has 5 nitrogen and oxygen atoms in total. The summed E-state index contributed by atoms with van der Waals surface area (Å²) < 4.78 is 2.54. The standard InChI is InChI=1S/C61H53N5/c1-38-26-30-53-49(34-38)50-35-39(2)27-31-54(50)65(53)57-45(42-16-8-5-9-17-42)22-14-24-47(57)60-62-59(44-20-12-7-13-21-44)63-61(64-60)48-25-15-23-46(43-18-10-6-11-19-43)58(48)66-55-32-28-40(3)36-51(55)52-37-41(4)29-33-56(52)66/h5,7-10,12,14-20,22-26,28-30,32-37,51,55H,6,11,13,21,27,31H2,1-4H3. The lowest BCUT2D eigenvalue weighted by Crippen LogP contribution is -2.30. The fourth-order valence-corrected chi connectivity index (χ4v) is 11.1. The van der Waals surface area contributed by atoms with Crippen LogP contribution in [0, 0.1) is 13.8 Å². The van der Waals surface area contributed by atoms with E-state index in [1.54, 1.807) is 0 Å². The van der Waals surface area contributed by atoms with Gasteiger partial charge in [0.15, 0.2) is 17.5 Å². The molecule has 4 aliphatic carbocycles. The average Bonchev–Trinajstić information content (AvgIpc) is 3.84. The van der Waals surface area contributed by atoms with E-state index in [-0.39, 0.29) is 12.0 Å². The highest BCUT2D eigenvalue weighted by Crippen LogP contribution is 2.53. The number of para-hydroxylation sites is 2. The van der Waals surface area contributed by atoms with Gasteiger partial charge in [-0.05, 0) is 119 Å². The lowest BCUT2D eigenvalue weighted by molar-refractivity contribution is 0.738. The van der Waals surface area contributed by atoms with Crippen LogP contribution in [0.1, 0.15) is 91.2 Å². The zero-order valence-corrected chi connectivity index (χ0v) is 38.2. The second-order valence-electron chi connectivity index (χ2n) is 18.8. The van der Waals surface area contributed by atoms with Gasteiger partial charge >= 0.3 is 0 Å². The van der Waals surface area contributed by atoms with Crippen molar-refractivity contribution >= 4 is 39.5 Å². The first-order valence-electron chi connectivity index (χ1n) is 23.8. The second kappa shape index (κ2) is 16.3. The molecule has 0 saturated heterocycles. The van der Waals surface area contributed by atoms with Gasteiger partial charge in [0, 0.05) is 50.5 Å². The molecule has 0 spiro atoms. The van der Waals surface area contributed by atoms with E-state index in [1.807, 2.05) is 0 Å². The van der Waals surface area contributed by atoms with E-state index in [0.29, 0.717) is 11.6 Å². The lowest BCUT2D eigenvalue weighted by atomic mass is 9.88. The lowest BCUT2D eigenvalue weighted by Gasteiger charge is -2.33. The number of aromatic nitrogens is 4. The van der Waals surface area contributed by atoms with Crippen molar-refractivity contribution in [2.75, 3.05) is 4.90 Å². The summed E-state index contributed by atoms with van der Waals surface area (Å²) in [4.78, 5) is 19.4. The van der Waals surface area contributed by atoms with Gasteiger partial charge in [-0.2, -0.15) is 0 Å². The van der Waals surface area contributed by atoms with Crippen molar-refractivity contribution in [3.63, 3.8) is 0 Å². The number of benzene rings is 5. The fraction of sp³-hybridized carbons (Fsp3) is 0.197. The average molecular weight is 856 g/mol. The summed E-state index contributed by atoms with van der Waals surface area (Å²) in [5, 5.41) is 1.28. The Morgan fingerprint density at radius 2 is 1.38 bits per heavy atom. The van der Waals surface area contributed by atoms with Crippen LogP contribution in [-0.4, -0.2) is 25.6 Å². The van der Waals surface area contributed by atoms with Crippen LogP contribution < -0.4 is 4.90 Å². The van der Waals surface area contributed by atoms with Crippen molar-refractivity contribution in [2.45, 2.75) is 78.2 Å². The third-order valence-electron chi connectivity index (χ3n) is 14.2. The van der Waals surface area contributed by atoms with Gasteiger partial charge in [0.25, 0.3) is 0 Å². The van der Waals surface area contributed by atoms with Crippen LogP contribution in [-0.2, 0) is 6.42 Å². The maximum atomic E-state index is 5.71.